The molecule has 0 atom stereocenters. The Morgan fingerprint density at radius 2 is 1.90 bits per heavy atom. The molecule has 2 rings (SSSR count). The van der Waals surface area contributed by atoms with E-state index in [1.54, 1.807) is 6.20 Å². The second kappa shape index (κ2) is 7.11. The fourth-order valence-electron chi connectivity index (χ4n) is 2.32. The molecule has 0 spiro atoms. The Kier molecular flexibility index (Phi) is 5.20. The molecule has 0 fully saturated rings. The van der Waals surface area contributed by atoms with Crippen LogP contribution in [0.5, 0.6) is 11.5 Å². The lowest BCUT2D eigenvalue weighted by atomic mass is 9.98. The third kappa shape index (κ3) is 4.22. The van der Waals surface area contributed by atoms with Crippen LogP contribution in [-0.4, -0.2) is 11.5 Å². The monoisotopic (exact) mass is 284 g/mol. The van der Waals surface area contributed by atoms with E-state index in [0.29, 0.717) is 5.92 Å². The van der Waals surface area contributed by atoms with Crippen LogP contribution in [0, 0.1) is 6.92 Å². The maximum atomic E-state index is 5.93. The van der Waals surface area contributed by atoms with Crippen LogP contribution in [0.1, 0.15) is 44.2 Å². The summed E-state index contributed by atoms with van der Waals surface area (Å²) in [5.41, 5.74) is 2.63. The Bertz CT molecular complexity index is 594. The molecule has 3 heteroatoms. The lowest BCUT2D eigenvalue weighted by Gasteiger charge is -2.13. The number of nitrogens with zero attached hydrogens (tertiary/aromatic N) is 1. The van der Waals surface area contributed by atoms with E-state index < -0.39 is 0 Å². The quantitative estimate of drug-likeness (QED) is 0.798. The smallest absolute Gasteiger partial charge is 0.132 e. The number of hydrogen-bond acceptors (Lipinski definition) is 3. The molecule has 0 unspecified atom stereocenters. The summed E-state index contributed by atoms with van der Waals surface area (Å²) < 4.78 is 5.93. The first-order chi connectivity index (χ1) is 10.1. The minimum atomic E-state index is 0.532. The average molecular weight is 284 g/mol. The van der Waals surface area contributed by atoms with Crippen LogP contribution in [0.2, 0.25) is 0 Å². The molecule has 112 valence electrons. The molecule has 0 aliphatic rings. The van der Waals surface area contributed by atoms with Crippen LogP contribution >= 0.6 is 0 Å². The molecular formula is C18H24N2O. The fraction of sp³-hybridized carbons (Fsp3) is 0.389. The average Bonchev–Trinajstić information content (AvgIpc) is 2.45. The highest BCUT2D eigenvalue weighted by atomic mass is 16.5. The van der Waals surface area contributed by atoms with Crippen molar-refractivity contribution in [1.29, 1.82) is 0 Å². The third-order valence-corrected chi connectivity index (χ3v) is 3.39. The maximum Gasteiger partial charge on any atom is 0.132 e. The number of aryl methyl sites for hydroxylation is 1. The molecule has 0 amide bonds. The normalized spacial score (nSPS) is 10.7. The highest BCUT2D eigenvalue weighted by Crippen LogP contribution is 2.27. The second-order valence-corrected chi connectivity index (χ2v) is 5.58. The van der Waals surface area contributed by atoms with Gasteiger partial charge in [0.1, 0.15) is 17.3 Å². The van der Waals surface area contributed by atoms with Crippen LogP contribution < -0.4 is 10.1 Å². The summed E-state index contributed by atoms with van der Waals surface area (Å²) >= 11 is 0. The van der Waals surface area contributed by atoms with Crippen molar-refractivity contribution in [2.75, 3.05) is 11.9 Å². The zero-order valence-electron chi connectivity index (χ0n) is 13.3. The van der Waals surface area contributed by atoms with Gasteiger partial charge < -0.3 is 10.1 Å². The first kappa shape index (κ1) is 15.4. The molecule has 1 N–H and O–H groups in total. The van der Waals surface area contributed by atoms with Gasteiger partial charge in [-0.2, -0.15) is 0 Å². The summed E-state index contributed by atoms with van der Waals surface area (Å²) in [7, 11) is 0. The van der Waals surface area contributed by atoms with Gasteiger partial charge in [-0.3, -0.25) is 0 Å². The third-order valence-electron chi connectivity index (χ3n) is 3.39. The summed E-state index contributed by atoms with van der Waals surface area (Å²) in [6.45, 7) is 9.59. The van der Waals surface area contributed by atoms with Crippen molar-refractivity contribution >= 4 is 5.82 Å². The fourth-order valence-corrected chi connectivity index (χ4v) is 2.32. The van der Waals surface area contributed by atoms with Gasteiger partial charge in [-0.1, -0.05) is 26.8 Å². The van der Waals surface area contributed by atoms with Crippen LogP contribution in [0.15, 0.2) is 36.5 Å². The van der Waals surface area contributed by atoms with E-state index in [1.807, 2.05) is 18.2 Å². The van der Waals surface area contributed by atoms with Crippen molar-refractivity contribution in [2.45, 2.75) is 40.0 Å². The minimum Gasteiger partial charge on any atom is -0.457 e. The van der Waals surface area contributed by atoms with Crippen molar-refractivity contribution in [3.05, 3.63) is 47.7 Å². The zero-order valence-corrected chi connectivity index (χ0v) is 13.3. The zero-order chi connectivity index (χ0) is 15.2. The SMILES string of the molecule is CCCNc1cc(Oc2ccc(C(C)C)c(C)c2)ccn1. The number of ether oxygens (including phenoxy) is 1. The van der Waals surface area contributed by atoms with E-state index in [1.165, 1.54) is 11.1 Å². The van der Waals surface area contributed by atoms with Crippen molar-refractivity contribution in [2.24, 2.45) is 0 Å². The van der Waals surface area contributed by atoms with Crippen molar-refractivity contribution in [3.8, 4) is 11.5 Å². The largest absolute Gasteiger partial charge is 0.457 e. The number of anilines is 1. The van der Waals surface area contributed by atoms with Gasteiger partial charge in [0.25, 0.3) is 0 Å². The van der Waals surface area contributed by atoms with Crippen LogP contribution in [0.4, 0.5) is 5.82 Å². The van der Waals surface area contributed by atoms with E-state index >= 15 is 0 Å². The molecule has 0 saturated heterocycles. The Morgan fingerprint density at radius 3 is 2.57 bits per heavy atom. The first-order valence-electron chi connectivity index (χ1n) is 7.58. The summed E-state index contributed by atoms with van der Waals surface area (Å²) in [6, 6.07) is 10.1. The number of aromatic nitrogens is 1. The second-order valence-electron chi connectivity index (χ2n) is 5.58. The molecule has 2 aromatic rings. The van der Waals surface area contributed by atoms with Gasteiger partial charge in [0.2, 0.25) is 0 Å². The summed E-state index contributed by atoms with van der Waals surface area (Å²) in [5.74, 6) is 3.06. The number of benzene rings is 1. The Morgan fingerprint density at radius 1 is 1.14 bits per heavy atom. The van der Waals surface area contributed by atoms with Crippen LogP contribution in [0.25, 0.3) is 0 Å². The number of pyridine rings is 1. The molecule has 0 aliphatic carbocycles. The van der Waals surface area contributed by atoms with E-state index in [-0.39, 0.29) is 0 Å². The van der Waals surface area contributed by atoms with Gasteiger partial charge in [-0.15, -0.1) is 0 Å². The molecule has 1 heterocycles. The highest BCUT2D eigenvalue weighted by molar-refractivity contribution is 5.44. The molecule has 1 aromatic carbocycles. The van der Waals surface area contributed by atoms with Crippen molar-refractivity contribution < 1.29 is 4.74 Å². The molecule has 3 nitrogen and oxygen atoms in total. The van der Waals surface area contributed by atoms with Gasteiger partial charge in [-0.25, -0.2) is 4.98 Å². The van der Waals surface area contributed by atoms with E-state index in [0.717, 1.165) is 30.3 Å². The topological polar surface area (TPSA) is 34.1 Å². The Hall–Kier alpha value is -2.03. The molecule has 21 heavy (non-hydrogen) atoms. The molecular weight excluding hydrogens is 260 g/mol. The molecule has 1 aromatic heterocycles. The van der Waals surface area contributed by atoms with E-state index in [4.69, 9.17) is 4.74 Å². The minimum absolute atomic E-state index is 0.532. The molecule has 0 radical (unpaired) electrons. The van der Waals surface area contributed by atoms with E-state index in [9.17, 15) is 0 Å². The summed E-state index contributed by atoms with van der Waals surface area (Å²) in [4.78, 5) is 4.28. The molecule has 0 aliphatic heterocycles. The van der Waals surface area contributed by atoms with Crippen LogP contribution in [-0.2, 0) is 0 Å². The number of nitrogens with one attached hydrogen (secondary N) is 1. The van der Waals surface area contributed by atoms with Gasteiger partial charge >= 0.3 is 0 Å². The summed E-state index contributed by atoms with van der Waals surface area (Å²) in [6.07, 6.45) is 2.84. The Labute approximate surface area is 127 Å². The predicted molar refractivity (Wildman–Crippen MR) is 88.4 cm³/mol. The predicted octanol–water partition coefficient (Wildman–Crippen LogP) is 5.13. The van der Waals surface area contributed by atoms with Gasteiger partial charge in [0.05, 0.1) is 0 Å². The van der Waals surface area contributed by atoms with Gasteiger partial charge in [-0.05, 0) is 48.6 Å². The highest BCUT2D eigenvalue weighted by Gasteiger charge is 2.06. The molecule has 0 bridgehead atoms. The number of rotatable bonds is 6. The lowest BCUT2D eigenvalue weighted by Crippen LogP contribution is -2.01. The maximum absolute atomic E-state index is 5.93. The van der Waals surface area contributed by atoms with E-state index in [2.05, 4.69) is 50.1 Å². The molecule has 0 saturated carbocycles. The van der Waals surface area contributed by atoms with Crippen molar-refractivity contribution in [3.63, 3.8) is 0 Å². The Balaban J connectivity index is 2.12. The van der Waals surface area contributed by atoms with Gasteiger partial charge in [0.15, 0.2) is 0 Å². The van der Waals surface area contributed by atoms with Crippen molar-refractivity contribution in [1.82, 2.24) is 4.98 Å². The van der Waals surface area contributed by atoms with Gasteiger partial charge in [0, 0.05) is 18.8 Å². The number of hydrogen-bond donors (Lipinski definition) is 1. The first-order valence-corrected chi connectivity index (χ1v) is 7.58. The summed E-state index contributed by atoms with van der Waals surface area (Å²) in [5, 5.41) is 3.26. The standard InChI is InChI=1S/C18H24N2O/c1-5-9-19-18-12-16(8-10-20-18)21-15-6-7-17(13(2)3)14(4)11-15/h6-8,10-13H,5,9H2,1-4H3,(H,19,20). The van der Waals surface area contributed by atoms with Crippen LogP contribution in [0.3, 0.4) is 0 Å². The lowest BCUT2D eigenvalue weighted by molar-refractivity contribution is 0.481.